The fourth-order valence-corrected chi connectivity index (χ4v) is 3.63. The average molecular weight is 506 g/mol. The first-order chi connectivity index (χ1) is 14.9. The van der Waals surface area contributed by atoms with Crippen LogP contribution >= 0.6 is 34.8 Å². The molecule has 1 heterocycles. The maximum Gasteiger partial charge on any atom is 0.329 e. The van der Waals surface area contributed by atoms with Crippen molar-refractivity contribution >= 4 is 40.8 Å². The molecule has 6 nitrogen and oxygen atoms in total. The molecule has 32 heavy (non-hydrogen) atoms. The molecule has 0 radical (unpaired) electrons. The SMILES string of the molecule is CC(C)C(C)(N)C(C)C.CCCN(CCOc1c(Cl)cc(Cl)cc1Cl)C(=O)n1ccnc1. The van der Waals surface area contributed by atoms with E-state index in [4.69, 9.17) is 45.3 Å². The quantitative estimate of drug-likeness (QED) is 0.437. The Hall–Kier alpha value is -1.47. The topological polar surface area (TPSA) is 73.4 Å². The van der Waals surface area contributed by atoms with Crippen molar-refractivity contribution in [1.82, 2.24) is 14.5 Å². The molecule has 1 aromatic heterocycles. The minimum Gasteiger partial charge on any atom is -0.489 e. The van der Waals surface area contributed by atoms with E-state index < -0.39 is 0 Å². The molecule has 2 N–H and O–H groups in total. The Morgan fingerprint density at radius 2 is 1.72 bits per heavy atom. The van der Waals surface area contributed by atoms with Gasteiger partial charge in [-0.05, 0) is 37.3 Å². The summed E-state index contributed by atoms with van der Waals surface area (Å²) in [5.74, 6) is 1.50. The Balaban J connectivity index is 0.000000482. The molecule has 9 heteroatoms. The van der Waals surface area contributed by atoms with E-state index in [0.29, 0.717) is 45.7 Å². The van der Waals surface area contributed by atoms with E-state index in [9.17, 15) is 4.79 Å². The zero-order valence-electron chi connectivity index (χ0n) is 19.7. The highest BCUT2D eigenvalue weighted by Crippen LogP contribution is 2.35. The molecule has 0 aliphatic carbocycles. The van der Waals surface area contributed by atoms with Gasteiger partial charge in [0.15, 0.2) is 5.75 Å². The molecule has 0 saturated heterocycles. The van der Waals surface area contributed by atoms with E-state index in [0.717, 1.165) is 6.42 Å². The van der Waals surface area contributed by atoms with Crippen molar-refractivity contribution in [3.05, 3.63) is 45.9 Å². The van der Waals surface area contributed by atoms with Crippen LogP contribution < -0.4 is 10.5 Å². The third-order valence-corrected chi connectivity index (χ3v) is 6.33. The number of nitrogens with zero attached hydrogens (tertiary/aromatic N) is 3. The van der Waals surface area contributed by atoms with Crippen LogP contribution in [0.15, 0.2) is 30.9 Å². The Morgan fingerprint density at radius 3 is 2.12 bits per heavy atom. The van der Waals surface area contributed by atoms with Crippen molar-refractivity contribution in [1.29, 1.82) is 0 Å². The Morgan fingerprint density at radius 1 is 1.16 bits per heavy atom. The number of carbonyl (C=O) groups excluding carboxylic acids is 1. The Bertz CT molecular complexity index is 807. The first-order valence-electron chi connectivity index (χ1n) is 10.7. The van der Waals surface area contributed by atoms with Crippen molar-refractivity contribution in [3.8, 4) is 5.75 Å². The lowest BCUT2D eigenvalue weighted by Gasteiger charge is -2.33. The third kappa shape index (κ3) is 8.47. The Kier molecular flexibility index (Phi) is 11.9. The van der Waals surface area contributed by atoms with Crippen molar-refractivity contribution in [3.63, 3.8) is 0 Å². The van der Waals surface area contributed by atoms with Crippen LogP contribution in [0, 0.1) is 11.8 Å². The summed E-state index contributed by atoms with van der Waals surface area (Å²) in [4.78, 5) is 17.9. The summed E-state index contributed by atoms with van der Waals surface area (Å²) >= 11 is 18.0. The lowest BCUT2D eigenvalue weighted by atomic mass is 9.80. The van der Waals surface area contributed by atoms with E-state index in [-0.39, 0.29) is 18.2 Å². The van der Waals surface area contributed by atoms with Gasteiger partial charge in [0, 0.05) is 29.5 Å². The maximum atomic E-state index is 12.3. The lowest BCUT2D eigenvalue weighted by Crippen LogP contribution is -2.46. The zero-order chi connectivity index (χ0) is 24.5. The maximum absolute atomic E-state index is 12.3. The zero-order valence-corrected chi connectivity index (χ0v) is 22.0. The smallest absolute Gasteiger partial charge is 0.329 e. The van der Waals surface area contributed by atoms with Crippen molar-refractivity contribution < 1.29 is 9.53 Å². The normalized spacial score (nSPS) is 11.4. The standard InChI is InChI=1S/C15H16Cl3N3O2.C8H19N/c1-2-4-20(15(22)21-5-3-19-10-21)6-7-23-14-12(17)8-11(16)9-13(14)18;1-6(2)8(5,9)7(3)4/h3,5,8-10H,2,4,6-7H2,1H3;6-7H,9H2,1-5H3. The molecule has 0 unspecified atom stereocenters. The number of halogens is 3. The van der Waals surface area contributed by atoms with Crippen LogP contribution in [-0.2, 0) is 0 Å². The van der Waals surface area contributed by atoms with Crippen LogP contribution in [0.2, 0.25) is 15.1 Å². The number of carbonyl (C=O) groups is 1. The van der Waals surface area contributed by atoms with E-state index >= 15 is 0 Å². The molecule has 0 bridgehead atoms. The van der Waals surface area contributed by atoms with Crippen LogP contribution in [0.1, 0.15) is 48.0 Å². The minimum atomic E-state index is -0.152. The van der Waals surface area contributed by atoms with Crippen molar-refractivity contribution in [2.45, 2.75) is 53.5 Å². The number of nitrogens with two attached hydrogens (primary N) is 1. The van der Waals surface area contributed by atoms with Gasteiger partial charge in [0.2, 0.25) is 0 Å². The molecular weight excluding hydrogens is 471 g/mol. The van der Waals surface area contributed by atoms with E-state index in [1.165, 1.54) is 10.9 Å². The number of hydrogen-bond acceptors (Lipinski definition) is 4. The molecule has 2 aromatic rings. The second-order valence-electron chi connectivity index (χ2n) is 8.46. The minimum absolute atomic E-state index is 0.000000000000000222. The molecule has 0 aliphatic heterocycles. The van der Waals surface area contributed by atoms with Gasteiger partial charge in [-0.3, -0.25) is 4.57 Å². The van der Waals surface area contributed by atoms with Crippen LogP contribution in [0.5, 0.6) is 5.75 Å². The Labute approximate surface area is 207 Å². The van der Waals surface area contributed by atoms with Crippen LogP contribution in [0.4, 0.5) is 4.79 Å². The number of hydrogen-bond donors (Lipinski definition) is 1. The number of imidazole rings is 1. The molecule has 1 aromatic carbocycles. The van der Waals surface area contributed by atoms with Gasteiger partial charge < -0.3 is 15.4 Å². The molecule has 0 aliphatic rings. The van der Waals surface area contributed by atoms with Gasteiger partial charge in [-0.25, -0.2) is 9.78 Å². The van der Waals surface area contributed by atoms with E-state index in [1.54, 1.807) is 29.4 Å². The molecule has 0 saturated carbocycles. The summed E-state index contributed by atoms with van der Waals surface area (Å²) in [6.45, 7) is 14.1. The first kappa shape index (κ1) is 28.6. The average Bonchev–Trinajstić information content (AvgIpc) is 3.23. The first-order valence-corrected chi connectivity index (χ1v) is 11.9. The second kappa shape index (κ2) is 13.3. The monoisotopic (exact) mass is 504 g/mol. The summed E-state index contributed by atoms with van der Waals surface area (Å²) in [6.07, 6.45) is 5.48. The number of ether oxygens (including phenoxy) is 1. The van der Waals surface area contributed by atoms with Gasteiger partial charge in [0.25, 0.3) is 0 Å². The van der Waals surface area contributed by atoms with E-state index in [2.05, 4.69) is 39.6 Å². The van der Waals surface area contributed by atoms with Crippen molar-refractivity contribution in [2.75, 3.05) is 19.7 Å². The summed E-state index contributed by atoms with van der Waals surface area (Å²) in [5, 5.41) is 1.12. The van der Waals surface area contributed by atoms with Crippen LogP contribution in [0.25, 0.3) is 0 Å². The fraction of sp³-hybridized carbons (Fsp3) is 0.565. The third-order valence-electron chi connectivity index (χ3n) is 5.55. The summed E-state index contributed by atoms with van der Waals surface area (Å²) in [6, 6.07) is 2.97. The fourth-order valence-electron chi connectivity index (χ4n) is 2.70. The lowest BCUT2D eigenvalue weighted by molar-refractivity contribution is 0.184. The van der Waals surface area contributed by atoms with Crippen molar-refractivity contribution in [2.24, 2.45) is 17.6 Å². The number of amides is 1. The highest BCUT2D eigenvalue weighted by Gasteiger charge is 2.26. The van der Waals surface area contributed by atoms with Crippen LogP contribution in [0.3, 0.4) is 0 Å². The summed E-state index contributed by atoms with van der Waals surface area (Å²) < 4.78 is 7.05. The summed E-state index contributed by atoms with van der Waals surface area (Å²) in [5.41, 5.74) is 6.00. The molecule has 180 valence electrons. The number of rotatable bonds is 8. The highest BCUT2D eigenvalue weighted by atomic mass is 35.5. The molecule has 2 rings (SSSR count). The van der Waals surface area contributed by atoms with Crippen LogP contribution in [-0.4, -0.2) is 45.7 Å². The molecular formula is C23H35Cl3N4O2. The largest absolute Gasteiger partial charge is 0.489 e. The summed E-state index contributed by atoms with van der Waals surface area (Å²) in [7, 11) is 0. The predicted molar refractivity (Wildman–Crippen MR) is 134 cm³/mol. The van der Waals surface area contributed by atoms with Gasteiger partial charge in [0.1, 0.15) is 12.9 Å². The molecule has 0 fully saturated rings. The number of benzene rings is 1. The highest BCUT2D eigenvalue weighted by molar-refractivity contribution is 6.40. The van der Waals surface area contributed by atoms with Gasteiger partial charge in [-0.1, -0.05) is 69.4 Å². The van der Waals surface area contributed by atoms with Gasteiger partial charge in [-0.15, -0.1) is 0 Å². The van der Waals surface area contributed by atoms with E-state index in [1.807, 2.05) is 6.92 Å². The van der Waals surface area contributed by atoms with Gasteiger partial charge >= 0.3 is 6.03 Å². The number of aromatic nitrogens is 2. The molecule has 0 atom stereocenters. The molecule has 1 amide bonds. The second-order valence-corrected chi connectivity index (χ2v) is 9.71. The predicted octanol–water partition coefficient (Wildman–Crippen LogP) is 6.62. The molecule has 0 spiro atoms. The van der Waals surface area contributed by atoms with Gasteiger partial charge in [0.05, 0.1) is 16.6 Å². The van der Waals surface area contributed by atoms with Gasteiger partial charge in [-0.2, -0.15) is 0 Å².